The van der Waals surface area contributed by atoms with Crippen molar-refractivity contribution in [2.75, 3.05) is 0 Å². The van der Waals surface area contributed by atoms with Crippen LogP contribution in [0.15, 0.2) is 6.20 Å². The van der Waals surface area contributed by atoms with Gasteiger partial charge in [0.1, 0.15) is 0 Å². The quantitative estimate of drug-likeness (QED) is 0.816. The highest BCUT2D eigenvalue weighted by molar-refractivity contribution is 5.95. The Kier molecular flexibility index (Phi) is 5.09. The van der Waals surface area contributed by atoms with Crippen LogP contribution in [0.4, 0.5) is 0 Å². The Bertz CT molecular complexity index is 466. The Morgan fingerprint density at radius 2 is 2.05 bits per heavy atom. The fourth-order valence-corrected chi connectivity index (χ4v) is 1.81. The molecule has 6 nitrogen and oxygen atoms in total. The fourth-order valence-electron chi connectivity index (χ4n) is 1.81. The summed E-state index contributed by atoms with van der Waals surface area (Å²) in [6.45, 7) is 8.42. The molecule has 0 aliphatic rings. The van der Waals surface area contributed by atoms with Crippen LogP contribution in [-0.2, 0) is 11.3 Å². The number of carbonyl (C=O) groups excluding carboxylic acids is 1. The molecule has 0 radical (unpaired) electrons. The van der Waals surface area contributed by atoms with Crippen LogP contribution in [0.2, 0.25) is 0 Å². The lowest BCUT2D eigenvalue weighted by atomic mass is 10.2. The number of aromatic nitrogens is 2. The molecule has 6 heteroatoms. The number of nitrogens with one attached hydrogen (secondary N) is 1. The number of carbonyl (C=O) groups is 2. The van der Waals surface area contributed by atoms with Crippen LogP contribution in [0.3, 0.4) is 0 Å². The summed E-state index contributed by atoms with van der Waals surface area (Å²) in [6, 6.07) is -0.405. The molecule has 0 saturated heterocycles. The first-order valence-corrected chi connectivity index (χ1v) is 6.36. The van der Waals surface area contributed by atoms with Crippen molar-refractivity contribution in [3.05, 3.63) is 17.5 Å². The zero-order valence-corrected chi connectivity index (χ0v) is 11.8. The second kappa shape index (κ2) is 6.36. The molecule has 1 rings (SSSR count). The summed E-state index contributed by atoms with van der Waals surface area (Å²) >= 11 is 0. The van der Waals surface area contributed by atoms with Gasteiger partial charge in [-0.2, -0.15) is 5.10 Å². The van der Waals surface area contributed by atoms with E-state index in [1.807, 2.05) is 6.92 Å². The fraction of sp³-hybridized carbons (Fsp3) is 0.615. The molecule has 0 aliphatic heterocycles. The van der Waals surface area contributed by atoms with Gasteiger partial charge in [-0.3, -0.25) is 14.3 Å². The molecule has 1 aromatic rings. The van der Waals surface area contributed by atoms with Crippen molar-refractivity contribution in [3.63, 3.8) is 0 Å². The Hall–Kier alpha value is -1.85. The van der Waals surface area contributed by atoms with E-state index in [1.165, 1.54) is 6.20 Å². The van der Waals surface area contributed by atoms with E-state index >= 15 is 0 Å². The van der Waals surface area contributed by atoms with Gasteiger partial charge in [0.15, 0.2) is 0 Å². The molecule has 0 fully saturated rings. The van der Waals surface area contributed by atoms with E-state index in [-0.39, 0.29) is 12.3 Å². The van der Waals surface area contributed by atoms with Gasteiger partial charge in [-0.25, -0.2) is 0 Å². The number of aliphatic carboxylic acids is 1. The molecule has 1 heterocycles. The van der Waals surface area contributed by atoms with E-state index in [0.717, 1.165) is 12.2 Å². The minimum atomic E-state index is -0.931. The maximum Gasteiger partial charge on any atom is 0.305 e. The predicted octanol–water partition coefficient (Wildman–Crippen LogP) is 1.44. The molecule has 0 spiro atoms. The number of carboxylic acid groups (broad SMARTS) is 1. The number of hydrogen-bond donors (Lipinski definition) is 2. The van der Waals surface area contributed by atoms with Crippen LogP contribution in [0.1, 0.15) is 43.2 Å². The van der Waals surface area contributed by atoms with Crippen molar-refractivity contribution < 1.29 is 14.7 Å². The van der Waals surface area contributed by atoms with Crippen molar-refractivity contribution in [1.29, 1.82) is 0 Å². The average molecular weight is 267 g/mol. The molecular weight excluding hydrogens is 246 g/mol. The molecule has 19 heavy (non-hydrogen) atoms. The highest BCUT2D eigenvalue weighted by Gasteiger charge is 2.17. The van der Waals surface area contributed by atoms with Crippen molar-refractivity contribution in [3.8, 4) is 0 Å². The van der Waals surface area contributed by atoms with E-state index in [0.29, 0.717) is 11.5 Å². The molecule has 0 bridgehead atoms. The van der Waals surface area contributed by atoms with Gasteiger partial charge in [-0.1, -0.05) is 13.8 Å². The van der Waals surface area contributed by atoms with Crippen LogP contribution < -0.4 is 5.32 Å². The normalized spacial score (nSPS) is 12.5. The third kappa shape index (κ3) is 4.39. The first-order chi connectivity index (χ1) is 8.81. The van der Waals surface area contributed by atoms with Gasteiger partial charge < -0.3 is 10.4 Å². The van der Waals surface area contributed by atoms with E-state index in [9.17, 15) is 9.59 Å². The molecule has 1 aromatic heterocycles. The second-order valence-electron chi connectivity index (χ2n) is 5.19. The van der Waals surface area contributed by atoms with Crippen LogP contribution in [0.25, 0.3) is 0 Å². The maximum absolute atomic E-state index is 12.0. The number of amides is 1. The van der Waals surface area contributed by atoms with Crippen molar-refractivity contribution in [2.45, 2.75) is 46.7 Å². The average Bonchev–Trinajstić information content (AvgIpc) is 2.58. The van der Waals surface area contributed by atoms with Crippen molar-refractivity contribution in [2.24, 2.45) is 5.92 Å². The Balaban J connectivity index is 2.72. The summed E-state index contributed by atoms with van der Waals surface area (Å²) < 4.78 is 1.79. The lowest BCUT2D eigenvalue weighted by Gasteiger charge is -2.12. The lowest BCUT2D eigenvalue weighted by molar-refractivity contribution is -0.137. The SMILES string of the molecule is Cc1c(C(=O)NC(C)CC(=O)O)cnn1CC(C)C. The largest absolute Gasteiger partial charge is 0.481 e. The third-order valence-corrected chi connectivity index (χ3v) is 2.74. The molecule has 0 aromatic carbocycles. The zero-order chi connectivity index (χ0) is 14.6. The molecule has 0 aliphatic carbocycles. The van der Waals surface area contributed by atoms with Crippen molar-refractivity contribution in [1.82, 2.24) is 15.1 Å². The maximum atomic E-state index is 12.0. The monoisotopic (exact) mass is 267 g/mol. The zero-order valence-electron chi connectivity index (χ0n) is 11.8. The second-order valence-corrected chi connectivity index (χ2v) is 5.19. The number of carboxylic acids is 1. The summed E-state index contributed by atoms with van der Waals surface area (Å²) in [5, 5.41) is 15.5. The summed E-state index contributed by atoms with van der Waals surface area (Å²) in [5.41, 5.74) is 1.30. The van der Waals surface area contributed by atoms with E-state index in [1.54, 1.807) is 11.6 Å². The summed E-state index contributed by atoms with van der Waals surface area (Å²) in [6.07, 6.45) is 1.44. The van der Waals surface area contributed by atoms with Gasteiger partial charge >= 0.3 is 5.97 Å². The van der Waals surface area contributed by atoms with Gasteiger partial charge in [0.05, 0.1) is 18.2 Å². The Morgan fingerprint density at radius 3 is 2.58 bits per heavy atom. The van der Waals surface area contributed by atoms with Crippen LogP contribution in [0.5, 0.6) is 0 Å². The minimum absolute atomic E-state index is 0.0923. The predicted molar refractivity (Wildman–Crippen MR) is 71.0 cm³/mol. The van der Waals surface area contributed by atoms with Gasteiger partial charge in [-0.05, 0) is 19.8 Å². The van der Waals surface area contributed by atoms with Gasteiger partial charge in [0.25, 0.3) is 5.91 Å². The first-order valence-electron chi connectivity index (χ1n) is 6.36. The lowest BCUT2D eigenvalue weighted by Crippen LogP contribution is -2.34. The first kappa shape index (κ1) is 15.2. The van der Waals surface area contributed by atoms with Crippen molar-refractivity contribution >= 4 is 11.9 Å². The summed E-state index contributed by atoms with van der Waals surface area (Å²) in [5.74, 6) is -0.762. The van der Waals surface area contributed by atoms with Gasteiger partial charge in [0, 0.05) is 18.3 Å². The third-order valence-electron chi connectivity index (χ3n) is 2.74. The Labute approximate surface area is 112 Å². The molecule has 1 amide bonds. The van der Waals surface area contributed by atoms with Gasteiger partial charge in [0.2, 0.25) is 0 Å². The van der Waals surface area contributed by atoms with Crippen LogP contribution in [0, 0.1) is 12.8 Å². The van der Waals surface area contributed by atoms with E-state index < -0.39 is 12.0 Å². The molecule has 1 unspecified atom stereocenters. The Morgan fingerprint density at radius 1 is 1.42 bits per heavy atom. The minimum Gasteiger partial charge on any atom is -0.481 e. The van der Waals surface area contributed by atoms with E-state index in [2.05, 4.69) is 24.3 Å². The topological polar surface area (TPSA) is 84.2 Å². The molecule has 2 N–H and O–H groups in total. The highest BCUT2D eigenvalue weighted by atomic mass is 16.4. The van der Waals surface area contributed by atoms with Gasteiger partial charge in [-0.15, -0.1) is 0 Å². The smallest absolute Gasteiger partial charge is 0.305 e. The van der Waals surface area contributed by atoms with E-state index in [4.69, 9.17) is 5.11 Å². The molecular formula is C13H21N3O3. The van der Waals surface area contributed by atoms with Crippen LogP contribution in [-0.4, -0.2) is 32.8 Å². The van der Waals surface area contributed by atoms with Crippen LogP contribution >= 0.6 is 0 Å². The number of rotatable bonds is 6. The molecule has 0 saturated carbocycles. The highest BCUT2D eigenvalue weighted by Crippen LogP contribution is 2.10. The standard InChI is InChI=1S/C13H21N3O3/c1-8(2)7-16-10(4)11(6-14-16)13(19)15-9(3)5-12(17)18/h6,8-9H,5,7H2,1-4H3,(H,15,19)(H,17,18). The molecule has 106 valence electrons. The molecule has 1 atom stereocenters. The summed E-state index contributed by atoms with van der Waals surface area (Å²) in [4.78, 5) is 22.6. The number of hydrogen-bond acceptors (Lipinski definition) is 3. The number of nitrogens with zero attached hydrogens (tertiary/aromatic N) is 2. The summed E-state index contributed by atoms with van der Waals surface area (Å²) in [7, 11) is 0.